The molecule has 0 bridgehead atoms. The van der Waals surface area contributed by atoms with Crippen LogP contribution in [0.5, 0.6) is 0 Å². The van der Waals surface area contributed by atoms with Crippen molar-refractivity contribution in [1.82, 2.24) is 14.5 Å². The lowest BCUT2D eigenvalue weighted by Crippen LogP contribution is -2.11. The summed E-state index contributed by atoms with van der Waals surface area (Å²) in [4.78, 5) is 8.81. The maximum absolute atomic E-state index is 6.36. The minimum atomic E-state index is -0.137. The van der Waals surface area contributed by atoms with Crippen molar-refractivity contribution >= 4 is 22.6 Å². The summed E-state index contributed by atoms with van der Waals surface area (Å²) in [6.07, 6.45) is 3.64. The molecule has 3 nitrogen and oxygen atoms in total. The molecule has 2 aromatic heterocycles. The molecule has 0 N–H and O–H groups in total. The van der Waals surface area contributed by atoms with Crippen LogP contribution in [0.3, 0.4) is 0 Å². The quantitative estimate of drug-likeness (QED) is 0.659. The molecule has 3 aromatic rings. The van der Waals surface area contributed by atoms with Crippen molar-refractivity contribution in [2.45, 2.75) is 32.2 Å². The minimum absolute atomic E-state index is 0.137. The van der Waals surface area contributed by atoms with Gasteiger partial charge in [0.2, 0.25) is 0 Å². The number of benzene rings is 1. The first-order chi connectivity index (χ1) is 10.1. The Morgan fingerprint density at radius 3 is 2.48 bits per heavy atom. The smallest absolute Gasteiger partial charge is 0.128 e. The fraction of sp³-hybridized carbons (Fsp3) is 0.294. The summed E-state index contributed by atoms with van der Waals surface area (Å²) in [5.74, 6) is 0.904. The lowest BCUT2D eigenvalue weighted by Gasteiger charge is -2.19. The molecule has 0 aliphatic heterocycles. The van der Waals surface area contributed by atoms with E-state index in [2.05, 4.69) is 41.6 Å². The second kappa shape index (κ2) is 5.49. The van der Waals surface area contributed by atoms with Gasteiger partial charge in [-0.05, 0) is 56.2 Å². The van der Waals surface area contributed by atoms with Crippen molar-refractivity contribution in [3.8, 4) is 0 Å². The van der Waals surface area contributed by atoms with Crippen LogP contribution >= 0.6 is 11.6 Å². The monoisotopic (exact) mass is 299 g/mol. The maximum Gasteiger partial charge on any atom is 0.128 e. The summed E-state index contributed by atoms with van der Waals surface area (Å²) < 4.78 is 2.23. The molecule has 108 valence electrons. The fourth-order valence-corrected chi connectivity index (χ4v) is 2.85. The summed E-state index contributed by atoms with van der Waals surface area (Å²) >= 11 is 6.36. The van der Waals surface area contributed by atoms with E-state index in [1.165, 1.54) is 11.1 Å². The summed E-state index contributed by atoms with van der Waals surface area (Å²) in [6, 6.07) is 10.5. The summed E-state index contributed by atoms with van der Waals surface area (Å²) in [7, 11) is 0. The highest BCUT2D eigenvalue weighted by atomic mass is 35.5. The predicted molar refractivity (Wildman–Crippen MR) is 86.8 cm³/mol. The molecular weight excluding hydrogens is 282 g/mol. The number of fused-ring (bicyclic) bond motifs is 1. The van der Waals surface area contributed by atoms with Crippen molar-refractivity contribution in [1.29, 1.82) is 0 Å². The van der Waals surface area contributed by atoms with Crippen molar-refractivity contribution in [2.24, 2.45) is 0 Å². The first-order valence-corrected chi connectivity index (χ1v) is 7.54. The van der Waals surface area contributed by atoms with Gasteiger partial charge in [-0.3, -0.25) is 4.98 Å². The molecule has 21 heavy (non-hydrogen) atoms. The Bertz CT molecular complexity index is 762. The predicted octanol–water partition coefficient (Wildman–Crippen LogP) is 4.65. The van der Waals surface area contributed by atoms with Crippen LogP contribution in [0.25, 0.3) is 11.0 Å². The van der Waals surface area contributed by atoms with E-state index in [0.717, 1.165) is 16.9 Å². The van der Waals surface area contributed by atoms with Crippen LogP contribution < -0.4 is 0 Å². The standard InChI is InChI=1S/C17H18ClN3/c1-11-4-5-15-16(10-11)21(17(20-15)12(2)18)13(3)14-6-8-19-9-7-14/h4-10,12-13H,1-3H3. The van der Waals surface area contributed by atoms with E-state index in [1.54, 1.807) is 0 Å². The molecule has 3 rings (SSSR count). The summed E-state index contributed by atoms with van der Waals surface area (Å²) in [5.41, 5.74) is 4.54. The largest absolute Gasteiger partial charge is 0.319 e. The Morgan fingerprint density at radius 1 is 1.10 bits per heavy atom. The van der Waals surface area contributed by atoms with Gasteiger partial charge in [0.15, 0.2) is 0 Å². The molecule has 0 saturated heterocycles. The van der Waals surface area contributed by atoms with Crippen molar-refractivity contribution < 1.29 is 0 Å². The van der Waals surface area contributed by atoms with Crippen molar-refractivity contribution in [3.63, 3.8) is 0 Å². The van der Waals surface area contributed by atoms with Gasteiger partial charge < -0.3 is 4.57 Å². The third-order valence-corrected chi connectivity index (χ3v) is 4.00. The first-order valence-electron chi connectivity index (χ1n) is 7.10. The normalized spacial score (nSPS) is 14.3. The lowest BCUT2D eigenvalue weighted by molar-refractivity contribution is 0.618. The van der Waals surface area contributed by atoms with Crippen molar-refractivity contribution in [2.75, 3.05) is 0 Å². The molecule has 0 spiro atoms. The van der Waals surface area contributed by atoms with Gasteiger partial charge in [0.1, 0.15) is 5.82 Å². The highest BCUT2D eigenvalue weighted by Crippen LogP contribution is 2.31. The molecule has 0 aliphatic rings. The average molecular weight is 300 g/mol. The second-order valence-corrected chi connectivity index (χ2v) is 6.06. The number of rotatable bonds is 3. The van der Waals surface area contributed by atoms with E-state index in [-0.39, 0.29) is 11.4 Å². The third kappa shape index (κ3) is 2.54. The number of aryl methyl sites for hydroxylation is 1. The lowest BCUT2D eigenvalue weighted by atomic mass is 10.1. The Kier molecular flexibility index (Phi) is 3.68. The number of imidazole rings is 1. The molecule has 4 heteroatoms. The summed E-state index contributed by atoms with van der Waals surface area (Å²) in [5, 5.41) is -0.137. The van der Waals surface area contributed by atoms with Crippen LogP contribution in [0.1, 0.15) is 42.2 Å². The number of hydrogen-bond acceptors (Lipinski definition) is 2. The highest BCUT2D eigenvalue weighted by Gasteiger charge is 2.20. The Labute approximate surface area is 129 Å². The molecular formula is C17H18ClN3. The number of aromatic nitrogens is 3. The average Bonchev–Trinajstić information content (AvgIpc) is 2.86. The van der Waals surface area contributed by atoms with Gasteiger partial charge in [0, 0.05) is 12.4 Å². The minimum Gasteiger partial charge on any atom is -0.319 e. The SMILES string of the molecule is Cc1ccc2nc(C(C)Cl)n(C(C)c3ccncc3)c2c1. The van der Waals surface area contributed by atoms with Crippen LogP contribution in [0, 0.1) is 6.92 Å². The number of halogens is 1. The van der Waals surface area contributed by atoms with Crippen LogP contribution in [-0.2, 0) is 0 Å². The van der Waals surface area contributed by atoms with Gasteiger partial charge in [0.05, 0.1) is 22.5 Å². The van der Waals surface area contributed by atoms with E-state index < -0.39 is 0 Å². The Balaban J connectivity index is 2.24. The molecule has 1 aromatic carbocycles. The zero-order valence-corrected chi connectivity index (χ0v) is 13.2. The van der Waals surface area contributed by atoms with Gasteiger partial charge >= 0.3 is 0 Å². The van der Waals surface area contributed by atoms with Gasteiger partial charge in [0.25, 0.3) is 0 Å². The molecule has 2 heterocycles. The van der Waals surface area contributed by atoms with E-state index in [0.29, 0.717) is 0 Å². The van der Waals surface area contributed by atoms with Gasteiger partial charge in [-0.2, -0.15) is 0 Å². The Hall–Kier alpha value is -1.87. The molecule has 0 radical (unpaired) electrons. The third-order valence-electron chi connectivity index (χ3n) is 3.80. The van der Waals surface area contributed by atoms with Gasteiger partial charge in [-0.15, -0.1) is 11.6 Å². The summed E-state index contributed by atoms with van der Waals surface area (Å²) in [6.45, 7) is 6.23. The molecule has 0 amide bonds. The molecule has 0 aliphatic carbocycles. The van der Waals surface area contributed by atoms with Crippen LogP contribution in [0.2, 0.25) is 0 Å². The highest BCUT2D eigenvalue weighted by molar-refractivity contribution is 6.20. The maximum atomic E-state index is 6.36. The van der Waals surface area contributed by atoms with Crippen LogP contribution in [0.15, 0.2) is 42.7 Å². The van der Waals surface area contributed by atoms with E-state index >= 15 is 0 Å². The number of alkyl halides is 1. The molecule has 2 unspecified atom stereocenters. The van der Waals surface area contributed by atoms with Gasteiger partial charge in [-0.1, -0.05) is 6.07 Å². The topological polar surface area (TPSA) is 30.7 Å². The second-order valence-electron chi connectivity index (χ2n) is 5.40. The van der Waals surface area contributed by atoms with E-state index in [9.17, 15) is 0 Å². The van der Waals surface area contributed by atoms with Gasteiger partial charge in [-0.25, -0.2) is 4.98 Å². The van der Waals surface area contributed by atoms with E-state index in [1.807, 2.05) is 31.5 Å². The first kappa shape index (κ1) is 14.1. The molecule has 2 atom stereocenters. The fourth-order valence-electron chi connectivity index (χ4n) is 2.70. The molecule has 0 fully saturated rings. The van der Waals surface area contributed by atoms with Crippen LogP contribution in [-0.4, -0.2) is 14.5 Å². The zero-order valence-electron chi connectivity index (χ0n) is 12.4. The number of nitrogens with zero attached hydrogens (tertiary/aromatic N) is 3. The van der Waals surface area contributed by atoms with E-state index in [4.69, 9.17) is 16.6 Å². The van der Waals surface area contributed by atoms with Crippen molar-refractivity contribution in [3.05, 3.63) is 59.7 Å². The zero-order chi connectivity index (χ0) is 15.0. The van der Waals surface area contributed by atoms with Crippen LogP contribution in [0.4, 0.5) is 0 Å². The molecule has 0 saturated carbocycles. The Morgan fingerprint density at radius 2 is 1.81 bits per heavy atom. The number of pyridine rings is 1. The number of hydrogen-bond donors (Lipinski definition) is 0.